The lowest BCUT2D eigenvalue weighted by molar-refractivity contribution is -0.137. The molecule has 0 saturated carbocycles. The summed E-state index contributed by atoms with van der Waals surface area (Å²) in [6.07, 6.45) is -1.76. The fourth-order valence-corrected chi connectivity index (χ4v) is 2.16. The molecule has 18 heavy (non-hydrogen) atoms. The van der Waals surface area contributed by atoms with Crippen LogP contribution in [0.25, 0.3) is 0 Å². The Labute approximate surface area is 102 Å². The second kappa shape index (κ2) is 4.47. The second-order valence-electron chi connectivity index (χ2n) is 4.20. The first-order chi connectivity index (χ1) is 8.43. The zero-order valence-electron chi connectivity index (χ0n) is 9.44. The van der Waals surface area contributed by atoms with Crippen molar-refractivity contribution in [3.05, 3.63) is 23.4 Å². The molecule has 1 saturated heterocycles. The quantitative estimate of drug-likeness (QED) is 0.826. The Hall–Kier alpha value is -1.79. The first-order valence-electron chi connectivity index (χ1n) is 5.47. The van der Waals surface area contributed by atoms with Crippen LogP contribution in [0.2, 0.25) is 0 Å². The second-order valence-corrected chi connectivity index (χ2v) is 4.20. The van der Waals surface area contributed by atoms with Crippen LogP contribution in [-0.4, -0.2) is 22.8 Å². The van der Waals surface area contributed by atoms with Gasteiger partial charge in [0, 0.05) is 18.3 Å². The van der Waals surface area contributed by atoms with Gasteiger partial charge in [0.1, 0.15) is 5.82 Å². The molecule has 2 rings (SSSR count). The fourth-order valence-electron chi connectivity index (χ4n) is 2.16. The molecule has 1 atom stereocenters. The average molecular weight is 259 g/mol. The summed E-state index contributed by atoms with van der Waals surface area (Å²) in [4.78, 5) is 15.9. The molecule has 4 nitrogen and oxygen atoms in total. The monoisotopic (exact) mass is 259 g/mol. The van der Waals surface area contributed by atoms with E-state index in [1.807, 2.05) is 0 Å². The van der Waals surface area contributed by atoms with E-state index in [1.54, 1.807) is 0 Å². The minimum Gasteiger partial charge on any atom is -0.383 e. The normalized spacial score (nSPS) is 20.2. The Morgan fingerprint density at radius 2 is 2.22 bits per heavy atom. The van der Waals surface area contributed by atoms with E-state index in [0.717, 1.165) is 12.5 Å². The van der Waals surface area contributed by atoms with Crippen LogP contribution in [0.4, 0.5) is 19.0 Å². The van der Waals surface area contributed by atoms with Crippen LogP contribution < -0.4 is 5.73 Å². The maximum absolute atomic E-state index is 12.6. The minimum absolute atomic E-state index is 0.0433. The van der Waals surface area contributed by atoms with Gasteiger partial charge >= 0.3 is 6.18 Å². The molecule has 1 aromatic heterocycles. The van der Waals surface area contributed by atoms with Gasteiger partial charge in [-0.25, -0.2) is 4.98 Å². The summed E-state index contributed by atoms with van der Waals surface area (Å²) < 4.78 is 37.8. The molecule has 1 aliphatic rings. The number of amides is 1. The van der Waals surface area contributed by atoms with Crippen molar-refractivity contribution < 1.29 is 18.0 Å². The van der Waals surface area contributed by atoms with Crippen LogP contribution in [-0.2, 0) is 11.0 Å². The van der Waals surface area contributed by atoms with Crippen molar-refractivity contribution in [2.45, 2.75) is 25.1 Å². The summed E-state index contributed by atoms with van der Waals surface area (Å²) in [5, 5.41) is 0. The molecule has 1 fully saturated rings. The number of pyridine rings is 1. The van der Waals surface area contributed by atoms with E-state index in [0.29, 0.717) is 25.6 Å². The molecule has 0 aromatic carbocycles. The largest absolute Gasteiger partial charge is 0.417 e. The molecule has 0 bridgehead atoms. The molecule has 1 unspecified atom stereocenters. The number of nitrogen functional groups attached to an aromatic ring is 1. The van der Waals surface area contributed by atoms with Gasteiger partial charge in [0.25, 0.3) is 0 Å². The molecule has 7 heteroatoms. The van der Waals surface area contributed by atoms with Crippen molar-refractivity contribution in [3.63, 3.8) is 0 Å². The van der Waals surface area contributed by atoms with Crippen molar-refractivity contribution >= 4 is 12.2 Å². The number of carbonyl (C=O) groups is 1. The van der Waals surface area contributed by atoms with Gasteiger partial charge in [-0.3, -0.25) is 4.79 Å². The topological polar surface area (TPSA) is 59.2 Å². The molecule has 1 aliphatic heterocycles. The highest BCUT2D eigenvalue weighted by Gasteiger charge is 2.34. The molecule has 98 valence electrons. The molecule has 0 aliphatic carbocycles. The third kappa shape index (κ3) is 2.25. The highest BCUT2D eigenvalue weighted by atomic mass is 19.4. The predicted octanol–water partition coefficient (Wildman–Crippen LogP) is 1.98. The molecule has 1 amide bonds. The van der Waals surface area contributed by atoms with Gasteiger partial charge in [-0.2, -0.15) is 13.2 Å². The van der Waals surface area contributed by atoms with Gasteiger partial charge in [0.05, 0.1) is 11.6 Å². The Bertz CT molecular complexity index is 461. The number of nitrogens with two attached hydrogens (primary N) is 1. The van der Waals surface area contributed by atoms with Crippen molar-refractivity contribution in [2.24, 2.45) is 0 Å². The number of likely N-dealkylation sites (tertiary alicyclic amines) is 1. The van der Waals surface area contributed by atoms with Crippen molar-refractivity contribution in [1.29, 1.82) is 0 Å². The Morgan fingerprint density at radius 1 is 1.50 bits per heavy atom. The van der Waals surface area contributed by atoms with Crippen LogP contribution in [0.1, 0.15) is 30.0 Å². The molecule has 2 N–H and O–H groups in total. The highest BCUT2D eigenvalue weighted by molar-refractivity contribution is 5.53. The number of hydrogen-bond acceptors (Lipinski definition) is 3. The number of alkyl halides is 3. The molecular weight excluding hydrogens is 247 g/mol. The van der Waals surface area contributed by atoms with Crippen LogP contribution >= 0.6 is 0 Å². The van der Waals surface area contributed by atoms with Gasteiger partial charge in [0.15, 0.2) is 0 Å². The predicted molar refractivity (Wildman–Crippen MR) is 58.4 cm³/mol. The van der Waals surface area contributed by atoms with Crippen LogP contribution in [0.5, 0.6) is 0 Å². The van der Waals surface area contributed by atoms with Crippen molar-refractivity contribution in [2.75, 3.05) is 12.3 Å². The molecule has 2 heterocycles. The number of rotatable bonds is 2. The molecule has 0 spiro atoms. The van der Waals surface area contributed by atoms with E-state index in [2.05, 4.69) is 4.98 Å². The SMILES string of the molecule is Nc1ncc(C(F)(F)F)cc1C1CCCN1C=O. The van der Waals surface area contributed by atoms with E-state index >= 15 is 0 Å². The van der Waals surface area contributed by atoms with Crippen LogP contribution in [0.3, 0.4) is 0 Å². The van der Waals surface area contributed by atoms with Gasteiger partial charge in [-0.15, -0.1) is 0 Å². The summed E-state index contributed by atoms with van der Waals surface area (Å²) in [7, 11) is 0. The van der Waals surface area contributed by atoms with E-state index in [1.165, 1.54) is 4.90 Å². The lowest BCUT2D eigenvalue weighted by Gasteiger charge is -2.22. The lowest BCUT2D eigenvalue weighted by atomic mass is 10.0. The van der Waals surface area contributed by atoms with E-state index in [-0.39, 0.29) is 11.4 Å². The Kier molecular flexibility index (Phi) is 3.14. The number of carbonyl (C=O) groups excluding carboxylic acids is 1. The van der Waals surface area contributed by atoms with E-state index < -0.39 is 17.8 Å². The first-order valence-corrected chi connectivity index (χ1v) is 5.47. The number of nitrogens with zero attached hydrogens (tertiary/aromatic N) is 2. The summed E-state index contributed by atoms with van der Waals surface area (Å²) in [5.74, 6) is 0.0433. The first kappa shape index (κ1) is 12.7. The number of aromatic nitrogens is 1. The smallest absolute Gasteiger partial charge is 0.383 e. The van der Waals surface area contributed by atoms with Crippen molar-refractivity contribution in [3.8, 4) is 0 Å². The number of hydrogen-bond donors (Lipinski definition) is 1. The third-order valence-corrected chi connectivity index (χ3v) is 3.07. The zero-order valence-corrected chi connectivity index (χ0v) is 9.44. The summed E-state index contributed by atoms with van der Waals surface area (Å²) in [6, 6.07) is 0.576. The summed E-state index contributed by atoms with van der Waals surface area (Å²) in [5.41, 5.74) is 5.04. The molecule has 0 radical (unpaired) electrons. The van der Waals surface area contributed by atoms with Gasteiger partial charge in [-0.05, 0) is 18.9 Å². The van der Waals surface area contributed by atoms with Crippen molar-refractivity contribution in [1.82, 2.24) is 9.88 Å². The average Bonchev–Trinajstić information content (AvgIpc) is 2.76. The highest BCUT2D eigenvalue weighted by Crippen LogP contribution is 2.36. The maximum atomic E-state index is 12.6. The Balaban J connectivity index is 2.40. The third-order valence-electron chi connectivity index (χ3n) is 3.07. The van der Waals surface area contributed by atoms with Crippen LogP contribution in [0, 0.1) is 0 Å². The van der Waals surface area contributed by atoms with E-state index in [9.17, 15) is 18.0 Å². The number of anilines is 1. The zero-order chi connectivity index (χ0) is 13.3. The molecule has 1 aromatic rings. The fraction of sp³-hybridized carbons (Fsp3) is 0.455. The van der Waals surface area contributed by atoms with Gasteiger partial charge < -0.3 is 10.6 Å². The number of halogens is 3. The maximum Gasteiger partial charge on any atom is 0.417 e. The van der Waals surface area contributed by atoms with Gasteiger partial charge in [-0.1, -0.05) is 0 Å². The van der Waals surface area contributed by atoms with E-state index in [4.69, 9.17) is 5.73 Å². The minimum atomic E-state index is -4.46. The molecular formula is C11H12F3N3O. The van der Waals surface area contributed by atoms with Crippen LogP contribution in [0.15, 0.2) is 12.3 Å². The van der Waals surface area contributed by atoms with Gasteiger partial charge in [0.2, 0.25) is 6.41 Å². The Morgan fingerprint density at radius 3 is 2.83 bits per heavy atom. The lowest BCUT2D eigenvalue weighted by Crippen LogP contribution is -2.23. The summed E-state index contributed by atoms with van der Waals surface area (Å²) >= 11 is 0. The summed E-state index contributed by atoms with van der Waals surface area (Å²) in [6.45, 7) is 0.532. The standard InChI is InChI=1S/C11H12F3N3O/c12-11(13,14)7-4-8(10(15)16-5-7)9-2-1-3-17(9)6-18/h4-6,9H,1-3H2,(H2,15,16).